The van der Waals surface area contributed by atoms with Crippen LogP contribution in [0.1, 0.15) is 16.7 Å². The second-order valence-corrected chi connectivity index (χ2v) is 4.57. The number of aromatic nitrogens is 1. The molecule has 0 spiro atoms. The first kappa shape index (κ1) is 12.4. The second-order valence-electron chi connectivity index (χ2n) is 4.57. The zero-order valence-electron chi connectivity index (χ0n) is 10.8. The minimum absolute atomic E-state index is 0.0631. The van der Waals surface area contributed by atoms with Crippen LogP contribution in [0, 0.1) is 6.92 Å². The average molecular weight is 242 g/mol. The standard InChI is InChI=1S/C15H18N2O/c1-12-5-3-4-6-14(12)9-15(18)16-10-13-7-8-17(2)11-13/h3-8,11H,9-10H2,1-2H3,(H,16,18). The predicted octanol–water partition coefficient (Wildman–Crippen LogP) is 2.19. The zero-order valence-corrected chi connectivity index (χ0v) is 10.8. The Kier molecular flexibility index (Phi) is 3.82. The molecule has 3 nitrogen and oxygen atoms in total. The smallest absolute Gasteiger partial charge is 0.224 e. The van der Waals surface area contributed by atoms with Gasteiger partial charge < -0.3 is 9.88 Å². The highest BCUT2D eigenvalue weighted by Crippen LogP contribution is 2.07. The van der Waals surface area contributed by atoms with E-state index in [9.17, 15) is 4.79 Å². The number of carbonyl (C=O) groups excluding carboxylic acids is 1. The van der Waals surface area contributed by atoms with Gasteiger partial charge in [-0.3, -0.25) is 4.79 Å². The van der Waals surface area contributed by atoms with E-state index in [1.165, 1.54) is 0 Å². The van der Waals surface area contributed by atoms with Crippen molar-refractivity contribution in [2.24, 2.45) is 7.05 Å². The number of nitrogens with zero attached hydrogens (tertiary/aromatic N) is 1. The van der Waals surface area contributed by atoms with Crippen molar-refractivity contribution in [3.63, 3.8) is 0 Å². The van der Waals surface area contributed by atoms with Gasteiger partial charge in [0.25, 0.3) is 0 Å². The SMILES string of the molecule is Cc1ccccc1CC(=O)NCc1ccn(C)c1. The van der Waals surface area contributed by atoms with Crippen LogP contribution in [0.5, 0.6) is 0 Å². The third kappa shape index (κ3) is 3.23. The van der Waals surface area contributed by atoms with Crippen molar-refractivity contribution in [2.45, 2.75) is 19.9 Å². The lowest BCUT2D eigenvalue weighted by molar-refractivity contribution is -0.120. The number of rotatable bonds is 4. The van der Waals surface area contributed by atoms with Gasteiger partial charge >= 0.3 is 0 Å². The fourth-order valence-corrected chi connectivity index (χ4v) is 1.91. The first-order valence-electron chi connectivity index (χ1n) is 6.07. The molecule has 1 aromatic heterocycles. The molecule has 1 N–H and O–H groups in total. The lowest BCUT2D eigenvalue weighted by atomic mass is 10.1. The maximum Gasteiger partial charge on any atom is 0.224 e. The topological polar surface area (TPSA) is 34.0 Å². The maximum absolute atomic E-state index is 11.8. The molecule has 0 fully saturated rings. The minimum Gasteiger partial charge on any atom is -0.357 e. The molecule has 0 bridgehead atoms. The van der Waals surface area contributed by atoms with Gasteiger partial charge in [-0.2, -0.15) is 0 Å². The van der Waals surface area contributed by atoms with E-state index in [2.05, 4.69) is 5.32 Å². The van der Waals surface area contributed by atoms with Crippen molar-refractivity contribution in [3.05, 3.63) is 59.4 Å². The van der Waals surface area contributed by atoms with Gasteiger partial charge in [0.15, 0.2) is 0 Å². The summed E-state index contributed by atoms with van der Waals surface area (Å²) in [5.74, 6) is 0.0631. The second kappa shape index (κ2) is 5.54. The monoisotopic (exact) mass is 242 g/mol. The Bertz CT molecular complexity index is 543. The number of benzene rings is 1. The molecule has 0 atom stereocenters. The van der Waals surface area contributed by atoms with Crippen LogP contribution in [0.25, 0.3) is 0 Å². The van der Waals surface area contributed by atoms with Crippen LogP contribution in [0.4, 0.5) is 0 Å². The molecule has 2 rings (SSSR count). The molecule has 3 heteroatoms. The molecule has 2 aromatic rings. The summed E-state index contributed by atoms with van der Waals surface area (Å²) in [5, 5.41) is 2.94. The summed E-state index contributed by atoms with van der Waals surface area (Å²) in [6.45, 7) is 2.62. The average Bonchev–Trinajstić information content (AvgIpc) is 2.76. The first-order chi connectivity index (χ1) is 8.65. The number of hydrogen-bond donors (Lipinski definition) is 1. The van der Waals surface area contributed by atoms with Crippen LogP contribution < -0.4 is 5.32 Å². The molecule has 1 heterocycles. The van der Waals surface area contributed by atoms with Gasteiger partial charge in [-0.15, -0.1) is 0 Å². The molecule has 1 aromatic carbocycles. The van der Waals surface area contributed by atoms with Gasteiger partial charge in [0.05, 0.1) is 6.42 Å². The van der Waals surface area contributed by atoms with Crippen molar-refractivity contribution in [1.29, 1.82) is 0 Å². The van der Waals surface area contributed by atoms with Gasteiger partial charge in [-0.25, -0.2) is 0 Å². The Morgan fingerprint density at radius 2 is 2.06 bits per heavy atom. The Labute approximate surface area is 107 Å². The molecule has 0 aliphatic heterocycles. The van der Waals surface area contributed by atoms with E-state index < -0.39 is 0 Å². The molecular weight excluding hydrogens is 224 g/mol. The van der Waals surface area contributed by atoms with Crippen LogP contribution in [0.15, 0.2) is 42.7 Å². The summed E-state index contributed by atoms with van der Waals surface area (Å²) in [6, 6.07) is 9.98. The number of carbonyl (C=O) groups is 1. The van der Waals surface area contributed by atoms with Gasteiger partial charge in [0.2, 0.25) is 5.91 Å². The maximum atomic E-state index is 11.8. The predicted molar refractivity (Wildman–Crippen MR) is 72.1 cm³/mol. The Hall–Kier alpha value is -2.03. The molecule has 1 amide bonds. The van der Waals surface area contributed by atoms with Crippen LogP contribution in [0.2, 0.25) is 0 Å². The third-order valence-corrected chi connectivity index (χ3v) is 3.00. The summed E-state index contributed by atoms with van der Waals surface area (Å²) >= 11 is 0. The molecular formula is C15H18N2O. The van der Waals surface area contributed by atoms with Crippen LogP contribution in [-0.2, 0) is 24.8 Å². The van der Waals surface area contributed by atoms with E-state index in [0.717, 1.165) is 16.7 Å². The molecule has 0 unspecified atom stereocenters. The highest BCUT2D eigenvalue weighted by atomic mass is 16.1. The molecule has 0 aliphatic carbocycles. The van der Waals surface area contributed by atoms with Crippen molar-refractivity contribution >= 4 is 5.91 Å². The number of nitrogens with one attached hydrogen (secondary N) is 1. The summed E-state index contributed by atoms with van der Waals surface area (Å²) < 4.78 is 1.98. The van der Waals surface area contributed by atoms with E-state index in [1.807, 2.05) is 61.3 Å². The summed E-state index contributed by atoms with van der Waals surface area (Å²) in [6.07, 6.45) is 4.43. The number of aryl methyl sites for hydroxylation is 2. The highest BCUT2D eigenvalue weighted by molar-refractivity contribution is 5.78. The van der Waals surface area contributed by atoms with Crippen LogP contribution in [0.3, 0.4) is 0 Å². The molecule has 0 saturated carbocycles. The summed E-state index contributed by atoms with van der Waals surface area (Å²) in [7, 11) is 1.97. The molecule has 94 valence electrons. The van der Waals surface area contributed by atoms with Gasteiger partial charge in [0.1, 0.15) is 0 Å². The van der Waals surface area contributed by atoms with Crippen molar-refractivity contribution in [3.8, 4) is 0 Å². The lowest BCUT2D eigenvalue weighted by Crippen LogP contribution is -2.24. The van der Waals surface area contributed by atoms with Gasteiger partial charge in [0, 0.05) is 26.0 Å². The third-order valence-electron chi connectivity index (χ3n) is 3.00. The molecule has 0 aliphatic rings. The summed E-state index contributed by atoms with van der Waals surface area (Å²) in [4.78, 5) is 11.8. The van der Waals surface area contributed by atoms with E-state index in [1.54, 1.807) is 0 Å². The zero-order chi connectivity index (χ0) is 13.0. The molecule has 18 heavy (non-hydrogen) atoms. The Balaban J connectivity index is 1.88. The normalized spacial score (nSPS) is 10.3. The van der Waals surface area contributed by atoms with Crippen molar-refractivity contribution in [2.75, 3.05) is 0 Å². The van der Waals surface area contributed by atoms with E-state index >= 15 is 0 Å². The first-order valence-corrected chi connectivity index (χ1v) is 6.07. The van der Waals surface area contributed by atoms with Crippen molar-refractivity contribution < 1.29 is 4.79 Å². The van der Waals surface area contributed by atoms with Gasteiger partial charge in [-0.1, -0.05) is 24.3 Å². The molecule has 0 radical (unpaired) electrons. The van der Waals surface area contributed by atoms with Crippen molar-refractivity contribution in [1.82, 2.24) is 9.88 Å². The van der Waals surface area contributed by atoms with E-state index in [-0.39, 0.29) is 5.91 Å². The Morgan fingerprint density at radius 1 is 1.28 bits per heavy atom. The lowest BCUT2D eigenvalue weighted by Gasteiger charge is -2.06. The van der Waals surface area contributed by atoms with Crippen LogP contribution >= 0.6 is 0 Å². The number of amides is 1. The Morgan fingerprint density at radius 3 is 2.72 bits per heavy atom. The molecule has 0 saturated heterocycles. The fourth-order valence-electron chi connectivity index (χ4n) is 1.91. The highest BCUT2D eigenvalue weighted by Gasteiger charge is 2.05. The largest absolute Gasteiger partial charge is 0.357 e. The minimum atomic E-state index is 0.0631. The van der Waals surface area contributed by atoms with Gasteiger partial charge in [-0.05, 0) is 29.7 Å². The van der Waals surface area contributed by atoms with E-state index in [0.29, 0.717) is 13.0 Å². The number of hydrogen-bond acceptors (Lipinski definition) is 1. The van der Waals surface area contributed by atoms with E-state index in [4.69, 9.17) is 0 Å². The fraction of sp³-hybridized carbons (Fsp3) is 0.267. The van der Waals surface area contributed by atoms with Crippen LogP contribution in [-0.4, -0.2) is 10.5 Å². The summed E-state index contributed by atoms with van der Waals surface area (Å²) in [5.41, 5.74) is 3.37. The quantitative estimate of drug-likeness (QED) is 0.876.